The van der Waals surface area contributed by atoms with Gasteiger partial charge in [0, 0.05) is 12.6 Å². The van der Waals surface area contributed by atoms with Gasteiger partial charge in [0.25, 0.3) is 5.91 Å². The maximum Gasteiger partial charge on any atom is 0.253 e. The molecule has 1 aliphatic heterocycles. The molecule has 3 aromatic rings. The molecule has 0 aromatic heterocycles. The Balaban J connectivity index is 1.40. The Bertz CT molecular complexity index is 1090. The molecule has 0 bridgehead atoms. The number of fused-ring (bicyclic) bond motifs is 1. The molecule has 0 fully saturated rings. The third-order valence-electron chi connectivity index (χ3n) is 4.55. The first kappa shape index (κ1) is 19.3. The first-order valence-electron chi connectivity index (χ1n) is 9.49. The Morgan fingerprint density at radius 1 is 0.900 bits per heavy atom. The van der Waals surface area contributed by atoms with Crippen LogP contribution < -0.4 is 20.1 Å². The smallest absolute Gasteiger partial charge is 0.253 e. The second-order valence-corrected chi connectivity index (χ2v) is 6.65. The first-order chi connectivity index (χ1) is 14.7. The lowest BCUT2D eigenvalue weighted by Gasteiger charge is -2.10. The van der Waals surface area contributed by atoms with Gasteiger partial charge in [-0.1, -0.05) is 48.5 Å². The van der Waals surface area contributed by atoms with Crippen LogP contribution in [0.3, 0.4) is 0 Å². The molecule has 30 heavy (non-hydrogen) atoms. The van der Waals surface area contributed by atoms with E-state index < -0.39 is 0 Å². The van der Waals surface area contributed by atoms with Crippen LogP contribution in [-0.2, 0) is 11.3 Å². The molecule has 0 atom stereocenters. The second kappa shape index (κ2) is 8.96. The van der Waals surface area contributed by atoms with Crippen LogP contribution in [0.25, 0.3) is 6.08 Å². The zero-order valence-electron chi connectivity index (χ0n) is 16.1. The first-order valence-corrected chi connectivity index (χ1v) is 9.49. The van der Waals surface area contributed by atoms with Gasteiger partial charge in [-0.3, -0.25) is 9.59 Å². The zero-order valence-corrected chi connectivity index (χ0v) is 16.1. The Morgan fingerprint density at radius 2 is 1.67 bits per heavy atom. The molecule has 2 amide bonds. The molecule has 150 valence electrons. The Labute approximate surface area is 174 Å². The fourth-order valence-corrected chi connectivity index (χ4v) is 3.03. The number of carbonyl (C=O) groups is 2. The number of benzene rings is 3. The van der Waals surface area contributed by atoms with Crippen molar-refractivity contribution in [3.63, 3.8) is 0 Å². The lowest BCUT2D eigenvalue weighted by molar-refractivity contribution is -0.111. The van der Waals surface area contributed by atoms with Crippen molar-refractivity contribution >= 4 is 23.6 Å². The minimum absolute atomic E-state index is 0.201. The monoisotopic (exact) mass is 400 g/mol. The van der Waals surface area contributed by atoms with Gasteiger partial charge in [0.15, 0.2) is 11.5 Å². The maximum atomic E-state index is 12.6. The van der Waals surface area contributed by atoms with E-state index in [9.17, 15) is 9.59 Å². The van der Waals surface area contributed by atoms with Gasteiger partial charge in [-0.15, -0.1) is 0 Å². The lowest BCUT2D eigenvalue weighted by atomic mass is 10.1. The molecular formula is C24H20N2O4. The molecule has 0 aliphatic carbocycles. The molecule has 2 N–H and O–H groups in total. The summed E-state index contributed by atoms with van der Waals surface area (Å²) in [5.74, 6) is 0.746. The van der Waals surface area contributed by atoms with Crippen LogP contribution in [0.15, 0.2) is 78.9 Å². The number of para-hydroxylation sites is 1. The molecule has 1 aliphatic rings. The standard InChI is InChI=1S/C24H20N2O4/c27-23(13-11-17-10-12-21-22(14-17)30-16-29-21)26-20-9-5-4-8-19(20)24(28)25-15-18-6-2-1-3-7-18/h1-14H,15-16H2,(H,25,28)(H,26,27)/b13-11+. The Morgan fingerprint density at radius 3 is 2.53 bits per heavy atom. The molecule has 0 spiro atoms. The van der Waals surface area contributed by atoms with Crippen molar-refractivity contribution in [2.75, 3.05) is 12.1 Å². The average molecular weight is 400 g/mol. The van der Waals surface area contributed by atoms with Gasteiger partial charge in [-0.2, -0.15) is 0 Å². The van der Waals surface area contributed by atoms with Crippen molar-refractivity contribution in [2.24, 2.45) is 0 Å². The van der Waals surface area contributed by atoms with Gasteiger partial charge >= 0.3 is 0 Å². The summed E-state index contributed by atoms with van der Waals surface area (Å²) in [6, 6.07) is 22.0. The summed E-state index contributed by atoms with van der Waals surface area (Å²) in [7, 11) is 0. The van der Waals surface area contributed by atoms with Gasteiger partial charge in [0.1, 0.15) is 0 Å². The number of carbonyl (C=O) groups excluding carboxylic acids is 2. The number of anilines is 1. The van der Waals surface area contributed by atoms with E-state index in [2.05, 4.69) is 10.6 Å². The second-order valence-electron chi connectivity index (χ2n) is 6.65. The number of rotatable bonds is 6. The molecule has 4 rings (SSSR count). The van der Waals surface area contributed by atoms with Crippen LogP contribution in [-0.4, -0.2) is 18.6 Å². The van der Waals surface area contributed by atoms with Gasteiger partial charge in [-0.05, 0) is 41.5 Å². The van der Waals surface area contributed by atoms with Crippen LogP contribution in [0.4, 0.5) is 5.69 Å². The summed E-state index contributed by atoms with van der Waals surface area (Å²) < 4.78 is 10.6. The van der Waals surface area contributed by atoms with Crippen molar-refractivity contribution in [3.05, 3.63) is 95.6 Å². The van der Waals surface area contributed by atoms with Gasteiger partial charge in [-0.25, -0.2) is 0 Å². The van der Waals surface area contributed by atoms with E-state index in [0.29, 0.717) is 29.3 Å². The van der Waals surface area contributed by atoms with Crippen molar-refractivity contribution < 1.29 is 19.1 Å². The summed E-state index contributed by atoms with van der Waals surface area (Å²) in [4.78, 5) is 25.0. The van der Waals surface area contributed by atoms with Crippen molar-refractivity contribution in [3.8, 4) is 11.5 Å². The summed E-state index contributed by atoms with van der Waals surface area (Å²) in [5.41, 5.74) is 2.66. The van der Waals surface area contributed by atoms with E-state index in [-0.39, 0.29) is 18.6 Å². The highest BCUT2D eigenvalue weighted by molar-refractivity contribution is 6.07. The predicted molar refractivity (Wildman–Crippen MR) is 114 cm³/mol. The molecule has 0 radical (unpaired) electrons. The van der Waals surface area contributed by atoms with E-state index in [1.807, 2.05) is 36.4 Å². The van der Waals surface area contributed by atoms with Crippen LogP contribution in [0.1, 0.15) is 21.5 Å². The molecule has 0 unspecified atom stereocenters. The fraction of sp³-hybridized carbons (Fsp3) is 0.0833. The number of hydrogen-bond donors (Lipinski definition) is 2. The van der Waals surface area contributed by atoms with Gasteiger partial charge in [0.2, 0.25) is 12.7 Å². The van der Waals surface area contributed by atoms with Crippen molar-refractivity contribution in [1.29, 1.82) is 0 Å². The van der Waals surface area contributed by atoms with Crippen molar-refractivity contribution in [2.45, 2.75) is 6.54 Å². The van der Waals surface area contributed by atoms with E-state index in [1.54, 1.807) is 42.5 Å². The zero-order chi connectivity index (χ0) is 20.8. The van der Waals surface area contributed by atoms with Gasteiger partial charge < -0.3 is 20.1 Å². The molecule has 3 aromatic carbocycles. The largest absolute Gasteiger partial charge is 0.454 e. The molecule has 0 saturated carbocycles. The van der Waals surface area contributed by atoms with Crippen LogP contribution in [0, 0.1) is 0 Å². The number of amides is 2. The molecule has 1 heterocycles. The minimum Gasteiger partial charge on any atom is -0.454 e. The Kier molecular flexibility index (Phi) is 5.75. The normalized spacial score (nSPS) is 12.0. The average Bonchev–Trinajstić information content (AvgIpc) is 3.25. The fourth-order valence-electron chi connectivity index (χ4n) is 3.03. The van der Waals surface area contributed by atoms with Crippen molar-refractivity contribution in [1.82, 2.24) is 5.32 Å². The summed E-state index contributed by atoms with van der Waals surface area (Å²) in [5, 5.41) is 5.65. The molecular weight excluding hydrogens is 380 g/mol. The minimum atomic E-state index is -0.337. The highest BCUT2D eigenvalue weighted by Gasteiger charge is 2.13. The molecule has 0 saturated heterocycles. The van der Waals surface area contributed by atoms with E-state index in [0.717, 1.165) is 11.1 Å². The Hall–Kier alpha value is -4.06. The highest BCUT2D eigenvalue weighted by atomic mass is 16.7. The van der Waals surface area contributed by atoms with E-state index in [1.165, 1.54) is 6.08 Å². The molecule has 6 heteroatoms. The van der Waals surface area contributed by atoms with E-state index >= 15 is 0 Å². The third kappa shape index (κ3) is 4.67. The molecule has 6 nitrogen and oxygen atoms in total. The number of ether oxygens (including phenoxy) is 2. The topological polar surface area (TPSA) is 76.7 Å². The quantitative estimate of drug-likeness (QED) is 0.614. The SMILES string of the molecule is O=C(/C=C/c1ccc2c(c1)OCO2)Nc1ccccc1C(=O)NCc1ccccc1. The summed E-state index contributed by atoms with van der Waals surface area (Å²) in [6.45, 7) is 0.609. The van der Waals surface area contributed by atoms with Crippen LogP contribution in [0.5, 0.6) is 11.5 Å². The summed E-state index contributed by atoms with van der Waals surface area (Å²) >= 11 is 0. The van der Waals surface area contributed by atoms with E-state index in [4.69, 9.17) is 9.47 Å². The van der Waals surface area contributed by atoms with Crippen LogP contribution in [0.2, 0.25) is 0 Å². The number of hydrogen-bond acceptors (Lipinski definition) is 4. The maximum absolute atomic E-state index is 12.6. The number of nitrogens with one attached hydrogen (secondary N) is 2. The van der Waals surface area contributed by atoms with Crippen LogP contribution >= 0.6 is 0 Å². The lowest BCUT2D eigenvalue weighted by Crippen LogP contribution is -2.24. The summed E-state index contributed by atoms with van der Waals surface area (Å²) in [6.07, 6.45) is 3.09. The highest BCUT2D eigenvalue weighted by Crippen LogP contribution is 2.32. The third-order valence-corrected chi connectivity index (χ3v) is 4.55. The van der Waals surface area contributed by atoms with Gasteiger partial charge in [0.05, 0.1) is 11.3 Å². The predicted octanol–water partition coefficient (Wildman–Crippen LogP) is 4.00.